The van der Waals surface area contributed by atoms with Gasteiger partial charge in [0.1, 0.15) is 0 Å². The fourth-order valence-electron chi connectivity index (χ4n) is 1.23. The van der Waals surface area contributed by atoms with E-state index in [0.29, 0.717) is 18.7 Å². The monoisotopic (exact) mass is 188 g/mol. The first-order chi connectivity index (χ1) is 5.70. The number of methoxy groups -OCH3 is 1. The molecule has 0 amide bonds. The molecule has 0 saturated carbocycles. The summed E-state index contributed by atoms with van der Waals surface area (Å²) in [6.45, 7) is 0. The Kier molecular flexibility index (Phi) is 3.18. The van der Waals surface area contributed by atoms with E-state index in [1.807, 2.05) is 6.08 Å². The van der Waals surface area contributed by atoms with Crippen molar-refractivity contribution in [1.82, 2.24) is 0 Å². The first-order valence-electron chi connectivity index (χ1n) is 3.91. The smallest absolute Gasteiger partial charge is 0.0987 e. The van der Waals surface area contributed by atoms with Crippen molar-refractivity contribution in [2.45, 2.75) is 18.4 Å². The molecule has 68 valence electrons. The molecule has 0 fully saturated rings. The molecule has 1 unspecified atom stereocenters. The predicted molar refractivity (Wildman–Crippen MR) is 49.1 cm³/mol. The van der Waals surface area contributed by atoms with E-state index < -0.39 is 5.60 Å². The van der Waals surface area contributed by atoms with Crippen molar-refractivity contribution in [2.75, 3.05) is 13.0 Å². The predicted octanol–water partition coefficient (Wildman–Crippen LogP) is 1.84. The highest BCUT2D eigenvalue weighted by atomic mass is 35.5. The minimum atomic E-state index is -0.804. The number of rotatable bonds is 3. The molecule has 0 aromatic heterocycles. The second kappa shape index (κ2) is 3.97. The lowest BCUT2D eigenvalue weighted by atomic mass is 9.91. The van der Waals surface area contributed by atoms with E-state index in [-0.39, 0.29) is 0 Å². The zero-order valence-corrected chi connectivity index (χ0v) is 7.84. The van der Waals surface area contributed by atoms with Gasteiger partial charge >= 0.3 is 0 Å². The van der Waals surface area contributed by atoms with E-state index in [9.17, 15) is 5.11 Å². The minimum absolute atomic E-state index is 0.456. The summed E-state index contributed by atoms with van der Waals surface area (Å²) in [5, 5.41) is 9.88. The molecule has 2 nitrogen and oxygen atoms in total. The summed E-state index contributed by atoms with van der Waals surface area (Å²) < 4.78 is 5.04. The highest BCUT2D eigenvalue weighted by molar-refractivity contribution is 6.17. The molecular formula is C9H13ClO2. The molecule has 12 heavy (non-hydrogen) atoms. The normalized spacial score (nSPS) is 28.4. The number of ether oxygens (including phenoxy) is 1. The second-order valence-corrected chi connectivity index (χ2v) is 3.29. The van der Waals surface area contributed by atoms with Gasteiger partial charge in [0.2, 0.25) is 0 Å². The van der Waals surface area contributed by atoms with Gasteiger partial charge < -0.3 is 9.84 Å². The highest BCUT2D eigenvalue weighted by Crippen LogP contribution is 2.26. The lowest BCUT2D eigenvalue weighted by Crippen LogP contribution is -2.28. The van der Waals surface area contributed by atoms with Crippen molar-refractivity contribution in [3.8, 4) is 0 Å². The van der Waals surface area contributed by atoms with Crippen LogP contribution in [0.25, 0.3) is 0 Å². The Hall–Kier alpha value is -0.470. The fourth-order valence-corrected chi connectivity index (χ4v) is 1.56. The van der Waals surface area contributed by atoms with E-state index in [4.69, 9.17) is 16.3 Å². The van der Waals surface area contributed by atoms with E-state index in [0.717, 1.165) is 5.76 Å². The zero-order chi connectivity index (χ0) is 9.03. The topological polar surface area (TPSA) is 29.5 Å². The summed E-state index contributed by atoms with van der Waals surface area (Å²) in [4.78, 5) is 0. The highest BCUT2D eigenvalue weighted by Gasteiger charge is 2.26. The maximum Gasteiger partial charge on any atom is 0.0987 e. The molecule has 0 aliphatic heterocycles. The van der Waals surface area contributed by atoms with Gasteiger partial charge in [-0.3, -0.25) is 0 Å². The van der Waals surface area contributed by atoms with Gasteiger partial charge in [-0.2, -0.15) is 0 Å². The molecule has 1 aliphatic carbocycles. The average molecular weight is 189 g/mol. The largest absolute Gasteiger partial charge is 0.501 e. The molecule has 0 saturated heterocycles. The van der Waals surface area contributed by atoms with Crippen molar-refractivity contribution in [3.63, 3.8) is 0 Å². The Labute approximate surface area is 77.5 Å². The number of halogens is 1. The third-order valence-corrected chi connectivity index (χ3v) is 2.15. The van der Waals surface area contributed by atoms with E-state index in [1.165, 1.54) is 0 Å². The van der Waals surface area contributed by atoms with Gasteiger partial charge in [0, 0.05) is 12.3 Å². The van der Waals surface area contributed by atoms with E-state index in [1.54, 1.807) is 19.3 Å². The number of hydrogen-bond donors (Lipinski definition) is 1. The van der Waals surface area contributed by atoms with Gasteiger partial charge in [-0.05, 0) is 12.5 Å². The molecule has 1 aliphatic rings. The number of hydrogen-bond acceptors (Lipinski definition) is 2. The summed E-state index contributed by atoms with van der Waals surface area (Å²) in [6.07, 6.45) is 6.49. The standard InChI is InChI=1S/C9H13ClO2/c1-12-8-3-2-4-9(11,7-8)5-6-10/h2-4,11H,5-7H2,1H3. The summed E-state index contributed by atoms with van der Waals surface area (Å²) in [7, 11) is 1.60. The van der Waals surface area contributed by atoms with Crippen molar-refractivity contribution in [2.24, 2.45) is 0 Å². The molecule has 0 heterocycles. The van der Waals surface area contributed by atoms with Gasteiger partial charge in [0.05, 0.1) is 18.5 Å². The maximum absolute atomic E-state index is 9.88. The van der Waals surface area contributed by atoms with Gasteiger partial charge in [-0.25, -0.2) is 0 Å². The summed E-state index contributed by atoms with van der Waals surface area (Å²) in [5.41, 5.74) is -0.804. The molecule has 0 spiro atoms. The van der Waals surface area contributed by atoms with Crippen LogP contribution < -0.4 is 0 Å². The van der Waals surface area contributed by atoms with Crippen molar-refractivity contribution >= 4 is 11.6 Å². The van der Waals surface area contributed by atoms with Crippen LogP contribution in [0.15, 0.2) is 24.0 Å². The van der Waals surface area contributed by atoms with Gasteiger partial charge in [-0.15, -0.1) is 11.6 Å². The molecule has 1 rings (SSSR count). The van der Waals surface area contributed by atoms with Gasteiger partial charge in [-0.1, -0.05) is 12.2 Å². The summed E-state index contributed by atoms with van der Waals surface area (Å²) in [5.74, 6) is 1.25. The van der Waals surface area contributed by atoms with Crippen LogP contribution in [0, 0.1) is 0 Å². The number of aliphatic hydroxyl groups is 1. The first kappa shape index (κ1) is 9.62. The Morgan fingerprint density at radius 2 is 2.50 bits per heavy atom. The molecule has 1 atom stereocenters. The Morgan fingerprint density at radius 3 is 3.08 bits per heavy atom. The number of allylic oxidation sites excluding steroid dienone is 2. The maximum atomic E-state index is 9.88. The lowest BCUT2D eigenvalue weighted by molar-refractivity contribution is 0.0687. The molecule has 0 bridgehead atoms. The minimum Gasteiger partial charge on any atom is -0.501 e. The summed E-state index contributed by atoms with van der Waals surface area (Å²) >= 11 is 5.56. The van der Waals surface area contributed by atoms with Crippen molar-refractivity contribution < 1.29 is 9.84 Å². The van der Waals surface area contributed by atoms with Crippen LogP contribution in [0.1, 0.15) is 12.8 Å². The lowest BCUT2D eigenvalue weighted by Gasteiger charge is -2.26. The van der Waals surface area contributed by atoms with Crippen molar-refractivity contribution in [3.05, 3.63) is 24.0 Å². The van der Waals surface area contributed by atoms with Crippen LogP contribution >= 0.6 is 11.6 Å². The fraction of sp³-hybridized carbons (Fsp3) is 0.556. The third-order valence-electron chi connectivity index (χ3n) is 1.96. The zero-order valence-electron chi connectivity index (χ0n) is 7.09. The quantitative estimate of drug-likeness (QED) is 0.685. The van der Waals surface area contributed by atoms with Crippen LogP contribution in [0.5, 0.6) is 0 Å². The van der Waals surface area contributed by atoms with E-state index >= 15 is 0 Å². The Balaban J connectivity index is 2.62. The molecule has 0 aromatic carbocycles. The molecule has 0 aromatic rings. The van der Waals surface area contributed by atoms with Crippen LogP contribution in [0.2, 0.25) is 0 Å². The Morgan fingerprint density at radius 1 is 1.75 bits per heavy atom. The molecule has 3 heteroatoms. The first-order valence-corrected chi connectivity index (χ1v) is 4.44. The summed E-state index contributed by atoms with van der Waals surface area (Å²) in [6, 6.07) is 0. The van der Waals surface area contributed by atoms with Crippen LogP contribution in [0.4, 0.5) is 0 Å². The third kappa shape index (κ3) is 2.26. The van der Waals surface area contributed by atoms with Crippen molar-refractivity contribution in [1.29, 1.82) is 0 Å². The van der Waals surface area contributed by atoms with Crippen LogP contribution in [-0.4, -0.2) is 23.7 Å². The molecule has 1 N–H and O–H groups in total. The van der Waals surface area contributed by atoms with Gasteiger partial charge in [0.25, 0.3) is 0 Å². The molecular weight excluding hydrogens is 176 g/mol. The van der Waals surface area contributed by atoms with Gasteiger partial charge in [0.15, 0.2) is 0 Å². The second-order valence-electron chi connectivity index (χ2n) is 2.92. The SMILES string of the molecule is COC1=CC=CC(O)(CCCl)C1. The average Bonchev–Trinajstić information content (AvgIpc) is 2.04. The number of alkyl halides is 1. The molecule has 0 radical (unpaired) electrons. The van der Waals surface area contributed by atoms with Crippen LogP contribution in [0.3, 0.4) is 0 Å². The van der Waals surface area contributed by atoms with Crippen LogP contribution in [-0.2, 0) is 4.74 Å². The Bertz CT molecular complexity index is 211. The van der Waals surface area contributed by atoms with E-state index in [2.05, 4.69) is 0 Å².